The third kappa shape index (κ3) is 4.59. The van der Waals surface area contributed by atoms with Crippen molar-refractivity contribution < 1.29 is 17.6 Å². The average Bonchev–Trinajstić information content (AvgIpc) is 3.04. The molecule has 0 saturated heterocycles. The summed E-state index contributed by atoms with van der Waals surface area (Å²) in [5.74, 6) is -0.973. The van der Waals surface area contributed by atoms with Gasteiger partial charge in [0.05, 0.1) is 6.04 Å². The molecule has 1 unspecified atom stereocenters. The summed E-state index contributed by atoms with van der Waals surface area (Å²) in [4.78, 5) is 12.2. The monoisotopic (exact) mass is 404 g/mol. The number of sulfonamides is 1. The summed E-state index contributed by atoms with van der Waals surface area (Å²) >= 11 is 0. The first-order valence-corrected chi connectivity index (χ1v) is 10.9. The fourth-order valence-electron chi connectivity index (χ4n) is 3.36. The number of carbonyl (C=O) groups excluding carboxylic acids is 1. The minimum absolute atomic E-state index is 0.120. The Morgan fingerprint density at radius 2 is 1.96 bits per heavy atom. The normalized spacial score (nSPS) is 16.2. The number of hydrogen-bond acceptors (Lipinski definition) is 3. The minimum Gasteiger partial charge on any atom is -0.345 e. The standard InChI is InChI=1S/C21H25FN2O3S/c1-14(2)11-12-23-28(26,27)20-13-16(7-9-18(20)22)21(25)24-19-10-8-15-5-3-4-6-17(15)19/h3-7,9,13-14,19,23H,8,10-12H2,1-2H3,(H,24,25). The van der Waals surface area contributed by atoms with Crippen LogP contribution in [-0.4, -0.2) is 20.9 Å². The Bertz CT molecular complexity index is 973. The lowest BCUT2D eigenvalue weighted by Gasteiger charge is -2.15. The first-order valence-electron chi connectivity index (χ1n) is 9.46. The summed E-state index contributed by atoms with van der Waals surface area (Å²) in [6.07, 6.45) is 2.31. The lowest BCUT2D eigenvalue weighted by atomic mass is 10.1. The minimum atomic E-state index is -4.02. The molecule has 7 heteroatoms. The maximum atomic E-state index is 14.2. The van der Waals surface area contributed by atoms with Crippen molar-refractivity contribution in [2.75, 3.05) is 6.54 Å². The first kappa shape index (κ1) is 20.5. The van der Waals surface area contributed by atoms with Gasteiger partial charge in [0, 0.05) is 12.1 Å². The Kier molecular flexibility index (Phi) is 6.15. The molecule has 0 bridgehead atoms. The van der Waals surface area contributed by atoms with Crippen LogP contribution in [0, 0.1) is 11.7 Å². The highest BCUT2D eigenvalue weighted by molar-refractivity contribution is 7.89. The number of benzene rings is 2. The zero-order valence-electron chi connectivity index (χ0n) is 16.0. The Morgan fingerprint density at radius 3 is 2.71 bits per heavy atom. The Labute approximate surface area is 165 Å². The zero-order chi connectivity index (χ0) is 20.3. The van der Waals surface area contributed by atoms with E-state index >= 15 is 0 Å². The maximum absolute atomic E-state index is 14.2. The number of fused-ring (bicyclic) bond motifs is 1. The predicted octanol–water partition coefficient (Wildman–Crippen LogP) is 3.57. The number of amides is 1. The molecular formula is C21H25FN2O3S. The summed E-state index contributed by atoms with van der Waals surface area (Å²) in [6, 6.07) is 11.2. The van der Waals surface area contributed by atoms with Crippen LogP contribution < -0.4 is 10.0 Å². The van der Waals surface area contributed by atoms with Gasteiger partial charge in [0.15, 0.2) is 0 Å². The van der Waals surface area contributed by atoms with Crippen LogP contribution >= 0.6 is 0 Å². The molecule has 0 aromatic heterocycles. The van der Waals surface area contributed by atoms with Crippen molar-refractivity contribution in [1.82, 2.24) is 10.0 Å². The van der Waals surface area contributed by atoms with Crippen LogP contribution in [0.5, 0.6) is 0 Å². The summed E-state index contributed by atoms with van der Waals surface area (Å²) in [6.45, 7) is 4.16. The molecule has 1 amide bonds. The van der Waals surface area contributed by atoms with Crippen LogP contribution in [0.15, 0.2) is 47.4 Å². The van der Waals surface area contributed by atoms with Gasteiger partial charge in [-0.15, -0.1) is 0 Å². The fraction of sp³-hybridized carbons (Fsp3) is 0.381. The van der Waals surface area contributed by atoms with Crippen LogP contribution in [0.25, 0.3) is 0 Å². The highest BCUT2D eigenvalue weighted by Crippen LogP contribution is 2.31. The lowest BCUT2D eigenvalue weighted by molar-refractivity contribution is 0.0936. The molecule has 0 spiro atoms. The SMILES string of the molecule is CC(C)CCNS(=O)(=O)c1cc(C(=O)NC2CCc3ccccc32)ccc1F. The van der Waals surface area contributed by atoms with Crippen LogP contribution in [0.2, 0.25) is 0 Å². The summed E-state index contributed by atoms with van der Waals surface area (Å²) < 4.78 is 41.4. The smallest absolute Gasteiger partial charge is 0.251 e. The van der Waals surface area contributed by atoms with Gasteiger partial charge in [-0.25, -0.2) is 17.5 Å². The van der Waals surface area contributed by atoms with Gasteiger partial charge in [0.25, 0.3) is 5.91 Å². The van der Waals surface area contributed by atoms with Gasteiger partial charge in [-0.2, -0.15) is 0 Å². The molecule has 1 aliphatic carbocycles. The van der Waals surface area contributed by atoms with Crippen molar-refractivity contribution in [3.05, 3.63) is 65.0 Å². The van der Waals surface area contributed by atoms with E-state index in [4.69, 9.17) is 0 Å². The second-order valence-corrected chi connectivity index (χ2v) is 9.22. The van der Waals surface area contributed by atoms with E-state index in [1.807, 2.05) is 38.1 Å². The molecule has 1 atom stereocenters. The quantitative estimate of drug-likeness (QED) is 0.741. The number of carbonyl (C=O) groups is 1. The fourth-order valence-corrected chi connectivity index (χ4v) is 4.51. The van der Waals surface area contributed by atoms with Crippen molar-refractivity contribution in [2.24, 2.45) is 5.92 Å². The molecule has 5 nitrogen and oxygen atoms in total. The summed E-state index contributed by atoms with van der Waals surface area (Å²) in [5, 5.41) is 2.93. The number of hydrogen-bond donors (Lipinski definition) is 2. The molecule has 0 aliphatic heterocycles. The van der Waals surface area contributed by atoms with Crippen molar-refractivity contribution in [3.63, 3.8) is 0 Å². The second-order valence-electron chi connectivity index (χ2n) is 7.49. The second kappa shape index (κ2) is 8.41. The molecule has 2 aromatic carbocycles. The van der Waals surface area contributed by atoms with E-state index in [9.17, 15) is 17.6 Å². The Hall–Kier alpha value is -2.25. The van der Waals surface area contributed by atoms with Crippen LogP contribution in [-0.2, 0) is 16.4 Å². The van der Waals surface area contributed by atoms with E-state index in [-0.39, 0.29) is 18.2 Å². The van der Waals surface area contributed by atoms with E-state index in [1.54, 1.807) is 0 Å². The van der Waals surface area contributed by atoms with Crippen LogP contribution in [0.1, 0.15) is 54.2 Å². The number of halogens is 1. The van der Waals surface area contributed by atoms with E-state index < -0.39 is 26.6 Å². The van der Waals surface area contributed by atoms with Crippen molar-refractivity contribution in [1.29, 1.82) is 0 Å². The molecule has 3 rings (SSSR count). The van der Waals surface area contributed by atoms with Gasteiger partial charge >= 0.3 is 0 Å². The highest BCUT2D eigenvalue weighted by Gasteiger charge is 2.25. The van der Waals surface area contributed by atoms with Crippen LogP contribution in [0.4, 0.5) is 4.39 Å². The molecule has 2 N–H and O–H groups in total. The maximum Gasteiger partial charge on any atom is 0.251 e. The number of aryl methyl sites for hydroxylation is 1. The van der Waals surface area contributed by atoms with Crippen LogP contribution in [0.3, 0.4) is 0 Å². The summed E-state index contributed by atoms with van der Waals surface area (Å²) in [5.41, 5.74) is 2.39. The van der Waals surface area contributed by atoms with Crippen molar-refractivity contribution >= 4 is 15.9 Å². The molecule has 28 heavy (non-hydrogen) atoms. The Morgan fingerprint density at radius 1 is 1.21 bits per heavy atom. The largest absolute Gasteiger partial charge is 0.345 e. The number of nitrogens with one attached hydrogen (secondary N) is 2. The Balaban J connectivity index is 1.76. The molecule has 0 saturated carbocycles. The molecule has 2 aromatic rings. The average molecular weight is 405 g/mol. The third-order valence-corrected chi connectivity index (χ3v) is 6.41. The molecule has 0 radical (unpaired) electrons. The molecule has 150 valence electrons. The van der Waals surface area contributed by atoms with E-state index in [1.165, 1.54) is 11.6 Å². The topological polar surface area (TPSA) is 75.3 Å². The highest BCUT2D eigenvalue weighted by atomic mass is 32.2. The molecule has 0 fully saturated rings. The van der Waals surface area contributed by atoms with E-state index in [0.717, 1.165) is 30.5 Å². The van der Waals surface area contributed by atoms with Gasteiger partial charge in [-0.1, -0.05) is 38.1 Å². The van der Waals surface area contributed by atoms with E-state index in [2.05, 4.69) is 10.0 Å². The molecule has 1 aliphatic rings. The van der Waals surface area contributed by atoms with Gasteiger partial charge in [-0.3, -0.25) is 4.79 Å². The third-order valence-electron chi connectivity index (χ3n) is 4.93. The first-order chi connectivity index (χ1) is 13.3. The van der Waals surface area contributed by atoms with Crippen molar-refractivity contribution in [3.8, 4) is 0 Å². The van der Waals surface area contributed by atoms with Crippen molar-refractivity contribution in [2.45, 2.75) is 44.0 Å². The molecular weight excluding hydrogens is 379 g/mol. The summed E-state index contributed by atoms with van der Waals surface area (Å²) in [7, 11) is -4.02. The van der Waals surface area contributed by atoms with Gasteiger partial charge in [-0.05, 0) is 54.5 Å². The van der Waals surface area contributed by atoms with Gasteiger partial charge < -0.3 is 5.32 Å². The number of rotatable bonds is 7. The predicted molar refractivity (Wildman–Crippen MR) is 106 cm³/mol. The molecule has 0 heterocycles. The van der Waals surface area contributed by atoms with Gasteiger partial charge in [0.2, 0.25) is 10.0 Å². The van der Waals surface area contributed by atoms with E-state index in [0.29, 0.717) is 12.3 Å². The lowest BCUT2D eigenvalue weighted by Crippen LogP contribution is -2.29. The zero-order valence-corrected chi connectivity index (χ0v) is 16.9. The van der Waals surface area contributed by atoms with Gasteiger partial charge in [0.1, 0.15) is 10.7 Å².